The van der Waals surface area contributed by atoms with Gasteiger partial charge in [0.1, 0.15) is 5.82 Å². The van der Waals surface area contributed by atoms with Crippen molar-refractivity contribution in [2.24, 2.45) is 7.05 Å². The summed E-state index contributed by atoms with van der Waals surface area (Å²) in [7, 11) is 1.39. The summed E-state index contributed by atoms with van der Waals surface area (Å²) in [6, 6.07) is 3.33. The fourth-order valence-corrected chi connectivity index (χ4v) is 3.97. The molecule has 4 rings (SSSR count). The van der Waals surface area contributed by atoms with Gasteiger partial charge in [0.2, 0.25) is 0 Å². The summed E-state index contributed by atoms with van der Waals surface area (Å²) >= 11 is 0. The molecule has 182 valence electrons. The van der Waals surface area contributed by atoms with E-state index in [2.05, 4.69) is 10.4 Å². The Kier molecular flexibility index (Phi) is 6.34. The van der Waals surface area contributed by atoms with Crippen LogP contribution in [-0.2, 0) is 18.0 Å². The lowest BCUT2D eigenvalue weighted by molar-refractivity contribution is -0.140. The third kappa shape index (κ3) is 4.49. The van der Waals surface area contributed by atoms with Crippen molar-refractivity contribution in [2.75, 3.05) is 36.6 Å². The summed E-state index contributed by atoms with van der Waals surface area (Å²) in [6.45, 7) is 3.49. The van der Waals surface area contributed by atoms with Gasteiger partial charge >= 0.3 is 6.18 Å². The summed E-state index contributed by atoms with van der Waals surface area (Å²) in [5, 5.41) is 9.26. The van der Waals surface area contributed by atoms with Crippen LogP contribution in [0.5, 0.6) is 0 Å². The van der Waals surface area contributed by atoms with E-state index in [4.69, 9.17) is 4.74 Å². The van der Waals surface area contributed by atoms with Gasteiger partial charge in [0.25, 0.3) is 11.1 Å². The number of nitrogens with one attached hydrogen (secondary N) is 1. The van der Waals surface area contributed by atoms with Crippen molar-refractivity contribution in [2.45, 2.75) is 25.6 Å². The summed E-state index contributed by atoms with van der Waals surface area (Å²) in [5.41, 5.74) is -2.51. The van der Waals surface area contributed by atoms with Crippen LogP contribution in [0.2, 0.25) is 0 Å². The SMILES string of the molecule is C[C@@H](Nc1nn(C)c(=O)c2cc(=O)n(N3CCCOCC3)cc12)c1cccc(C(F)(F)F)c1F. The molecular formula is C22H23F4N5O3. The molecule has 0 amide bonds. The van der Waals surface area contributed by atoms with Crippen LogP contribution in [0.1, 0.15) is 30.5 Å². The summed E-state index contributed by atoms with van der Waals surface area (Å²) in [6.07, 6.45) is -2.67. The fourth-order valence-electron chi connectivity index (χ4n) is 3.97. The molecule has 0 saturated carbocycles. The van der Waals surface area contributed by atoms with Crippen LogP contribution in [0.15, 0.2) is 40.1 Å². The number of aryl methyl sites for hydroxylation is 1. The molecule has 3 heterocycles. The zero-order chi connectivity index (χ0) is 24.6. The summed E-state index contributed by atoms with van der Waals surface area (Å²) in [4.78, 5) is 25.4. The van der Waals surface area contributed by atoms with Crippen LogP contribution in [-0.4, -0.2) is 40.8 Å². The molecule has 1 fully saturated rings. The Hall–Kier alpha value is -3.41. The lowest BCUT2D eigenvalue weighted by atomic mass is 10.0. The maximum absolute atomic E-state index is 14.7. The third-order valence-corrected chi connectivity index (χ3v) is 5.72. The van der Waals surface area contributed by atoms with E-state index in [0.717, 1.165) is 10.7 Å². The van der Waals surface area contributed by atoms with Gasteiger partial charge in [-0.25, -0.2) is 13.7 Å². The van der Waals surface area contributed by atoms with E-state index in [1.165, 1.54) is 37.0 Å². The molecule has 12 heteroatoms. The van der Waals surface area contributed by atoms with Gasteiger partial charge in [-0.05, 0) is 19.4 Å². The first-order valence-electron chi connectivity index (χ1n) is 10.7. The number of rotatable bonds is 4. The number of halogens is 4. The highest BCUT2D eigenvalue weighted by Gasteiger charge is 2.35. The molecular weight excluding hydrogens is 458 g/mol. The zero-order valence-electron chi connectivity index (χ0n) is 18.5. The predicted molar refractivity (Wildman–Crippen MR) is 118 cm³/mol. The Labute approximate surface area is 191 Å². The number of pyridine rings is 1. The highest BCUT2D eigenvalue weighted by molar-refractivity contribution is 5.90. The average molecular weight is 481 g/mol. The molecule has 34 heavy (non-hydrogen) atoms. The standard InChI is InChI=1S/C22H23F4N5O3/c1-13(14-5-3-6-17(19(14)23)22(24,25)26)27-20-16-12-31(30-7-4-9-34-10-8-30)18(32)11-15(16)21(33)29(2)28-20/h3,5-6,11-13H,4,7-10H2,1-2H3,(H,27,28)/t13-/m1/s1. The molecule has 1 aromatic carbocycles. The van der Waals surface area contributed by atoms with Crippen molar-refractivity contribution >= 4 is 16.6 Å². The Balaban J connectivity index is 1.79. The number of benzene rings is 1. The Morgan fingerprint density at radius 2 is 1.91 bits per heavy atom. The molecule has 3 aromatic rings. The van der Waals surface area contributed by atoms with Crippen LogP contribution < -0.4 is 21.4 Å². The van der Waals surface area contributed by atoms with E-state index >= 15 is 0 Å². The highest BCUT2D eigenvalue weighted by atomic mass is 19.4. The Morgan fingerprint density at radius 3 is 2.65 bits per heavy atom. The largest absolute Gasteiger partial charge is 0.419 e. The molecule has 1 saturated heterocycles. The maximum Gasteiger partial charge on any atom is 0.419 e. The van der Waals surface area contributed by atoms with Crippen molar-refractivity contribution in [3.8, 4) is 0 Å². The fraction of sp³-hybridized carbons (Fsp3) is 0.409. The van der Waals surface area contributed by atoms with Crippen molar-refractivity contribution in [3.63, 3.8) is 0 Å². The van der Waals surface area contributed by atoms with E-state index in [-0.39, 0.29) is 22.2 Å². The number of fused-ring (bicyclic) bond motifs is 1. The van der Waals surface area contributed by atoms with Crippen molar-refractivity contribution < 1.29 is 22.3 Å². The topological polar surface area (TPSA) is 81.4 Å². The summed E-state index contributed by atoms with van der Waals surface area (Å²) < 4.78 is 62.0. The Bertz CT molecular complexity index is 1330. The van der Waals surface area contributed by atoms with Gasteiger partial charge in [0.15, 0.2) is 5.82 Å². The molecule has 0 radical (unpaired) electrons. The summed E-state index contributed by atoms with van der Waals surface area (Å²) in [5.74, 6) is -1.26. The van der Waals surface area contributed by atoms with Crippen LogP contribution >= 0.6 is 0 Å². The second-order valence-electron chi connectivity index (χ2n) is 8.05. The number of nitrogens with zero attached hydrogens (tertiary/aromatic N) is 4. The minimum atomic E-state index is -4.84. The first kappa shape index (κ1) is 23.7. The van der Waals surface area contributed by atoms with Gasteiger partial charge in [-0.15, -0.1) is 0 Å². The van der Waals surface area contributed by atoms with E-state index < -0.39 is 34.7 Å². The van der Waals surface area contributed by atoms with Crippen LogP contribution in [0, 0.1) is 5.82 Å². The van der Waals surface area contributed by atoms with Crippen molar-refractivity contribution in [1.29, 1.82) is 0 Å². The van der Waals surface area contributed by atoms with Gasteiger partial charge in [-0.1, -0.05) is 12.1 Å². The molecule has 0 aliphatic carbocycles. The molecule has 2 aromatic heterocycles. The quantitative estimate of drug-likeness (QED) is 0.578. The number of ether oxygens (including phenoxy) is 1. The van der Waals surface area contributed by atoms with Gasteiger partial charge in [0.05, 0.1) is 35.5 Å². The third-order valence-electron chi connectivity index (χ3n) is 5.72. The second-order valence-corrected chi connectivity index (χ2v) is 8.05. The van der Waals surface area contributed by atoms with E-state index in [9.17, 15) is 27.2 Å². The molecule has 1 atom stereocenters. The van der Waals surface area contributed by atoms with Gasteiger partial charge in [-0.2, -0.15) is 18.3 Å². The average Bonchev–Trinajstić information content (AvgIpc) is 3.06. The maximum atomic E-state index is 14.7. The highest BCUT2D eigenvalue weighted by Crippen LogP contribution is 2.34. The van der Waals surface area contributed by atoms with Crippen LogP contribution in [0.25, 0.3) is 10.8 Å². The molecule has 1 N–H and O–H groups in total. The van der Waals surface area contributed by atoms with Gasteiger partial charge < -0.3 is 15.1 Å². The number of alkyl halides is 3. The van der Waals surface area contributed by atoms with E-state index in [1.54, 1.807) is 5.01 Å². The lowest BCUT2D eigenvalue weighted by Gasteiger charge is -2.25. The van der Waals surface area contributed by atoms with Crippen molar-refractivity contribution in [3.05, 3.63) is 68.1 Å². The molecule has 0 unspecified atom stereocenters. The number of hydrogen-bond acceptors (Lipinski definition) is 6. The Morgan fingerprint density at radius 1 is 1.15 bits per heavy atom. The van der Waals surface area contributed by atoms with E-state index in [0.29, 0.717) is 38.8 Å². The molecule has 0 spiro atoms. The normalized spacial score (nSPS) is 15.9. The van der Waals surface area contributed by atoms with Crippen molar-refractivity contribution in [1.82, 2.24) is 14.5 Å². The minimum Gasteiger partial charge on any atom is -0.379 e. The first-order valence-corrected chi connectivity index (χ1v) is 10.7. The predicted octanol–water partition coefficient (Wildman–Crippen LogP) is 2.78. The first-order chi connectivity index (χ1) is 16.1. The number of hydrogen-bond donors (Lipinski definition) is 1. The number of aromatic nitrogens is 3. The minimum absolute atomic E-state index is 0.0871. The molecule has 8 nitrogen and oxygen atoms in total. The molecule has 1 aliphatic rings. The molecule has 1 aliphatic heterocycles. The lowest BCUT2D eigenvalue weighted by Crippen LogP contribution is -2.43. The van der Waals surface area contributed by atoms with Crippen LogP contribution in [0.4, 0.5) is 23.4 Å². The second kappa shape index (κ2) is 9.09. The zero-order valence-corrected chi connectivity index (χ0v) is 18.5. The monoisotopic (exact) mass is 481 g/mol. The number of anilines is 1. The van der Waals surface area contributed by atoms with Crippen LogP contribution in [0.3, 0.4) is 0 Å². The van der Waals surface area contributed by atoms with Gasteiger partial charge in [-0.3, -0.25) is 9.59 Å². The van der Waals surface area contributed by atoms with E-state index in [1.807, 2.05) is 0 Å². The smallest absolute Gasteiger partial charge is 0.379 e. The van der Waals surface area contributed by atoms with Gasteiger partial charge in [0, 0.05) is 38.0 Å². The molecule has 0 bridgehead atoms.